The summed E-state index contributed by atoms with van der Waals surface area (Å²) in [6, 6.07) is 14.3. The molecule has 0 aliphatic rings. The van der Waals surface area contributed by atoms with Gasteiger partial charge in [0.15, 0.2) is 0 Å². The summed E-state index contributed by atoms with van der Waals surface area (Å²) < 4.78 is 7.25. The minimum Gasteiger partial charge on any atom is -0.497 e. The number of aromatic nitrogens is 2. The Labute approximate surface area is 182 Å². The molecule has 0 aliphatic heterocycles. The first kappa shape index (κ1) is 21.7. The highest BCUT2D eigenvalue weighted by Crippen LogP contribution is 2.26. The average Bonchev–Trinajstić information content (AvgIpc) is 3.16. The molecule has 0 fully saturated rings. The van der Waals surface area contributed by atoms with Crippen LogP contribution in [0.1, 0.15) is 42.9 Å². The summed E-state index contributed by atoms with van der Waals surface area (Å²) in [6.07, 6.45) is 3.57. The Morgan fingerprint density at radius 2 is 1.83 bits per heavy atom. The molecule has 2 aromatic carbocycles. The number of hydrogen-bond donors (Lipinski definition) is 2. The molecule has 1 heterocycles. The molecule has 158 valence electrons. The van der Waals surface area contributed by atoms with Crippen molar-refractivity contribution in [2.45, 2.75) is 25.9 Å². The van der Waals surface area contributed by atoms with Gasteiger partial charge in [0, 0.05) is 24.5 Å². The molecule has 0 bridgehead atoms. The van der Waals surface area contributed by atoms with E-state index in [1.165, 1.54) is 0 Å². The van der Waals surface area contributed by atoms with Crippen LogP contribution in [0.15, 0.2) is 60.9 Å². The molecule has 2 N–H and O–H groups in total. The molecular weight excluding hydrogens is 400 g/mol. The first-order chi connectivity index (χ1) is 14.4. The van der Waals surface area contributed by atoms with E-state index in [9.17, 15) is 4.79 Å². The molecule has 2 amide bonds. The van der Waals surface area contributed by atoms with Crippen LogP contribution in [0.5, 0.6) is 5.75 Å². The summed E-state index contributed by atoms with van der Waals surface area (Å²) in [7, 11) is 3.52. The van der Waals surface area contributed by atoms with Crippen LogP contribution in [0.25, 0.3) is 0 Å². The number of ether oxygens (including phenoxy) is 1. The number of benzene rings is 2. The highest BCUT2D eigenvalue weighted by Gasteiger charge is 2.24. The second kappa shape index (κ2) is 9.67. The number of nitrogens with zero attached hydrogens (tertiary/aromatic N) is 2. The maximum absolute atomic E-state index is 13.0. The smallest absolute Gasteiger partial charge is 0.316 e. The summed E-state index contributed by atoms with van der Waals surface area (Å²) in [5, 5.41) is 6.85. The standard InChI is InChI=1S/C23H27ClN4O2/c1-15(2)20(16-8-10-18(24)11-9-16)26-23(29)27-21(22-25-12-13-28(22)3)17-6-5-7-19(14-17)30-4/h5-15,20-21H,1-4H3,(H2,26,27,29)/t20-,21+/m1/s1. The van der Waals surface area contributed by atoms with Crippen molar-refractivity contribution in [3.8, 4) is 5.75 Å². The van der Waals surface area contributed by atoms with Crippen molar-refractivity contribution in [3.05, 3.63) is 82.9 Å². The van der Waals surface area contributed by atoms with Gasteiger partial charge in [0.25, 0.3) is 0 Å². The van der Waals surface area contributed by atoms with E-state index >= 15 is 0 Å². The van der Waals surface area contributed by atoms with Crippen LogP contribution in [-0.2, 0) is 7.05 Å². The van der Waals surface area contributed by atoms with Gasteiger partial charge in [-0.05, 0) is 41.3 Å². The zero-order valence-electron chi connectivity index (χ0n) is 17.6. The lowest BCUT2D eigenvalue weighted by atomic mass is 9.96. The Morgan fingerprint density at radius 1 is 1.10 bits per heavy atom. The van der Waals surface area contributed by atoms with Gasteiger partial charge >= 0.3 is 6.03 Å². The molecule has 2 atom stereocenters. The first-order valence-corrected chi connectivity index (χ1v) is 10.2. The zero-order valence-corrected chi connectivity index (χ0v) is 18.4. The Bertz CT molecular complexity index is 985. The molecular formula is C23H27ClN4O2. The van der Waals surface area contributed by atoms with E-state index in [1.54, 1.807) is 13.3 Å². The molecule has 7 heteroatoms. The fourth-order valence-corrected chi connectivity index (χ4v) is 3.52. The van der Waals surface area contributed by atoms with Crippen molar-refractivity contribution in [2.24, 2.45) is 13.0 Å². The summed E-state index contributed by atoms with van der Waals surface area (Å²) in [4.78, 5) is 17.5. The third-order valence-corrected chi connectivity index (χ3v) is 5.25. The lowest BCUT2D eigenvalue weighted by Crippen LogP contribution is -2.42. The van der Waals surface area contributed by atoms with Crippen LogP contribution in [0.2, 0.25) is 5.02 Å². The fraction of sp³-hybridized carbons (Fsp3) is 0.304. The van der Waals surface area contributed by atoms with Gasteiger partial charge in [-0.2, -0.15) is 0 Å². The molecule has 0 saturated heterocycles. The van der Waals surface area contributed by atoms with Crippen molar-refractivity contribution in [1.82, 2.24) is 20.2 Å². The highest BCUT2D eigenvalue weighted by atomic mass is 35.5. The van der Waals surface area contributed by atoms with Crippen LogP contribution in [0.4, 0.5) is 4.79 Å². The van der Waals surface area contributed by atoms with E-state index in [1.807, 2.05) is 66.3 Å². The number of urea groups is 1. The number of carbonyl (C=O) groups is 1. The third kappa shape index (κ3) is 5.13. The van der Waals surface area contributed by atoms with Crippen molar-refractivity contribution in [3.63, 3.8) is 0 Å². The average molecular weight is 427 g/mol. The maximum Gasteiger partial charge on any atom is 0.316 e. The Hall–Kier alpha value is -2.99. The van der Waals surface area contributed by atoms with Gasteiger partial charge in [0.1, 0.15) is 17.6 Å². The number of hydrogen-bond acceptors (Lipinski definition) is 3. The van der Waals surface area contributed by atoms with E-state index < -0.39 is 6.04 Å². The van der Waals surface area contributed by atoms with Gasteiger partial charge in [0.05, 0.1) is 13.2 Å². The monoisotopic (exact) mass is 426 g/mol. The zero-order chi connectivity index (χ0) is 21.7. The van der Waals surface area contributed by atoms with E-state index in [2.05, 4.69) is 29.5 Å². The molecule has 1 aromatic heterocycles. The normalized spacial score (nSPS) is 13.0. The number of rotatable bonds is 7. The molecule has 0 radical (unpaired) electrons. The minimum atomic E-state index is -0.432. The van der Waals surface area contributed by atoms with Gasteiger partial charge in [-0.1, -0.05) is 49.7 Å². The van der Waals surface area contributed by atoms with Gasteiger partial charge in [-0.3, -0.25) is 0 Å². The number of halogens is 1. The van der Waals surface area contributed by atoms with Crippen molar-refractivity contribution < 1.29 is 9.53 Å². The van der Waals surface area contributed by atoms with Crippen LogP contribution < -0.4 is 15.4 Å². The predicted molar refractivity (Wildman–Crippen MR) is 119 cm³/mol. The topological polar surface area (TPSA) is 68.2 Å². The highest BCUT2D eigenvalue weighted by molar-refractivity contribution is 6.30. The van der Waals surface area contributed by atoms with Crippen LogP contribution in [0.3, 0.4) is 0 Å². The molecule has 3 rings (SSSR count). The summed E-state index contributed by atoms with van der Waals surface area (Å²) in [5.41, 5.74) is 1.88. The summed E-state index contributed by atoms with van der Waals surface area (Å²) in [6.45, 7) is 4.13. The third-order valence-electron chi connectivity index (χ3n) is 5.00. The number of methoxy groups -OCH3 is 1. The number of aryl methyl sites for hydroxylation is 1. The number of amides is 2. The molecule has 0 unspecified atom stereocenters. The lowest BCUT2D eigenvalue weighted by Gasteiger charge is -2.26. The van der Waals surface area contributed by atoms with E-state index in [0.717, 1.165) is 22.7 Å². The first-order valence-electron chi connectivity index (χ1n) is 9.82. The molecule has 3 aromatic rings. The quantitative estimate of drug-likeness (QED) is 0.566. The Morgan fingerprint density at radius 3 is 2.43 bits per heavy atom. The van der Waals surface area contributed by atoms with Gasteiger partial charge in [-0.25, -0.2) is 9.78 Å². The predicted octanol–water partition coefficient (Wildman–Crippen LogP) is 4.87. The van der Waals surface area contributed by atoms with Crippen LogP contribution in [-0.4, -0.2) is 22.7 Å². The van der Waals surface area contributed by atoms with Crippen LogP contribution >= 0.6 is 11.6 Å². The van der Waals surface area contributed by atoms with Crippen molar-refractivity contribution in [2.75, 3.05) is 7.11 Å². The van der Waals surface area contributed by atoms with Crippen LogP contribution in [0, 0.1) is 5.92 Å². The maximum atomic E-state index is 13.0. The number of carbonyl (C=O) groups excluding carboxylic acids is 1. The Balaban J connectivity index is 1.85. The van der Waals surface area contributed by atoms with Gasteiger partial charge < -0.3 is 19.9 Å². The molecule has 6 nitrogen and oxygen atoms in total. The summed E-state index contributed by atoms with van der Waals surface area (Å²) in [5.74, 6) is 1.64. The molecule has 0 saturated carbocycles. The van der Waals surface area contributed by atoms with E-state index in [0.29, 0.717) is 5.02 Å². The van der Waals surface area contributed by atoms with E-state index in [-0.39, 0.29) is 18.0 Å². The lowest BCUT2D eigenvalue weighted by molar-refractivity contribution is 0.230. The van der Waals surface area contributed by atoms with Gasteiger partial charge in [0.2, 0.25) is 0 Å². The second-order valence-corrected chi connectivity index (χ2v) is 7.93. The summed E-state index contributed by atoms with van der Waals surface area (Å²) >= 11 is 6.02. The van der Waals surface area contributed by atoms with E-state index in [4.69, 9.17) is 16.3 Å². The number of nitrogens with one attached hydrogen (secondary N) is 2. The van der Waals surface area contributed by atoms with Gasteiger partial charge in [-0.15, -0.1) is 0 Å². The molecule has 0 aliphatic carbocycles. The molecule has 30 heavy (non-hydrogen) atoms. The SMILES string of the molecule is COc1cccc([C@H](NC(=O)N[C@@H](c2ccc(Cl)cc2)C(C)C)c2nccn2C)c1. The second-order valence-electron chi connectivity index (χ2n) is 7.50. The Kier molecular flexibility index (Phi) is 7.00. The fourth-order valence-electron chi connectivity index (χ4n) is 3.39. The number of imidazole rings is 1. The van der Waals surface area contributed by atoms with Crippen molar-refractivity contribution in [1.29, 1.82) is 0 Å². The minimum absolute atomic E-state index is 0.158. The van der Waals surface area contributed by atoms with Crippen molar-refractivity contribution >= 4 is 17.6 Å². The largest absolute Gasteiger partial charge is 0.497 e. The molecule has 0 spiro atoms.